The van der Waals surface area contributed by atoms with Gasteiger partial charge in [0.1, 0.15) is 31.1 Å². The Hall–Kier alpha value is -4.82. The van der Waals surface area contributed by atoms with Gasteiger partial charge in [0.25, 0.3) is 0 Å². The smallest absolute Gasteiger partial charge is 0.496 e. The maximum Gasteiger partial charge on any atom is 0.505 e. The van der Waals surface area contributed by atoms with Crippen molar-refractivity contribution in [3.05, 3.63) is 33.9 Å². The second kappa shape index (κ2) is 22.2. The Balaban J connectivity index is 1.88. The highest BCUT2D eigenvalue weighted by Crippen LogP contribution is 2.43. The number of ether oxygens (including phenoxy) is 7. The second-order valence-electron chi connectivity index (χ2n) is 13.0. The van der Waals surface area contributed by atoms with Gasteiger partial charge < -0.3 is 43.4 Å². The van der Waals surface area contributed by atoms with Crippen LogP contribution in [0.1, 0.15) is 112 Å². The third-order valence-corrected chi connectivity index (χ3v) is 8.77. The molecule has 1 aromatic rings. The van der Waals surface area contributed by atoms with Crippen molar-refractivity contribution in [2.45, 2.75) is 111 Å². The van der Waals surface area contributed by atoms with Gasteiger partial charge in [-0.15, -0.1) is 0 Å². The third kappa shape index (κ3) is 14.4. The zero-order valence-electron chi connectivity index (χ0n) is 30.9. The maximum atomic E-state index is 13.3. The Kier molecular flexibility index (Phi) is 18.5. The molecule has 1 aliphatic heterocycles. The monoisotopic (exact) mass is 736 g/mol. The predicted molar refractivity (Wildman–Crippen MR) is 184 cm³/mol. The zero-order valence-corrected chi connectivity index (χ0v) is 30.9. The van der Waals surface area contributed by atoms with E-state index in [1.807, 2.05) is 26.8 Å². The number of methoxy groups -OCH3 is 2. The topological polar surface area (TPSA) is 207 Å². The van der Waals surface area contributed by atoms with Crippen molar-refractivity contribution in [3.63, 3.8) is 0 Å². The highest BCUT2D eigenvalue weighted by molar-refractivity contribution is 5.99. The summed E-state index contributed by atoms with van der Waals surface area (Å²) in [5.41, 5.74) is 3.07. The van der Waals surface area contributed by atoms with Gasteiger partial charge in [-0.1, -0.05) is 64.0 Å². The molecule has 2 unspecified atom stereocenters. The Morgan fingerprint density at radius 1 is 0.865 bits per heavy atom. The number of unbranched alkanes of at least 4 members (excludes halogenated alkanes) is 4. The fraction of sp³-hybridized carbons (Fsp3) is 0.622. The van der Waals surface area contributed by atoms with Gasteiger partial charge in [-0.2, -0.15) is 0 Å². The Morgan fingerprint density at radius 2 is 1.48 bits per heavy atom. The molecule has 290 valence electrons. The number of carboxylic acid groups (broad SMARTS) is 2. The Bertz CT molecular complexity index is 1430. The fourth-order valence-corrected chi connectivity index (χ4v) is 5.76. The van der Waals surface area contributed by atoms with Crippen LogP contribution in [-0.4, -0.2) is 79.9 Å². The van der Waals surface area contributed by atoms with Crippen LogP contribution in [0.15, 0.2) is 11.6 Å². The van der Waals surface area contributed by atoms with E-state index in [0.29, 0.717) is 36.1 Å². The molecule has 0 bridgehead atoms. The number of rotatable bonds is 23. The molecular formula is C37H52O15. The van der Waals surface area contributed by atoms with E-state index in [2.05, 4.69) is 9.47 Å². The van der Waals surface area contributed by atoms with Crippen LogP contribution in [0.4, 0.5) is 9.59 Å². The molecule has 15 heteroatoms. The molecule has 0 saturated heterocycles. The van der Waals surface area contributed by atoms with E-state index in [9.17, 15) is 28.8 Å². The van der Waals surface area contributed by atoms with Gasteiger partial charge in [0.05, 0.1) is 20.1 Å². The number of benzene rings is 1. The summed E-state index contributed by atoms with van der Waals surface area (Å²) in [6, 6.07) is 0. The van der Waals surface area contributed by atoms with Crippen LogP contribution in [0.25, 0.3) is 0 Å². The first-order valence-electron chi connectivity index (χ1n) is 17.4. The van der Waals surface area contributed by atoms with Crippen LogP contribution in [-0.2, 0) is 51.1 Å². The average molecular weight is 737 g/mol. The molecule has 2 rings (SSSR count). The highest BCUT2D eigenvalue weighted by Gasteiger charge is 2.34. The van der Waals surface area contributed by atoms with Crippen molar-refractivity contribution in [3.8, 4) is 11.5 Å². The number of carbonyl (C=O) groups excluding carboxylic acids is 4. The van der Waals surface area contributed by atoms with Crippen LogP contribution in [0.5, 0.6) is 11.5 Å². The molecule has 2 atom stereocenters. The van der Waals surface area contributed by atoms with E-state index in [1.54, 1.807) is 6.92 Å². The van der Waals surface area contributed by atoms with E-state index < -0.39 is 55.5 Å². The number of hydrogen-bond acceptors (Lipinski definition) is 13. The first-order chi connectivity index (χ1) is 24.7. The second-order valence-corrected chi connectivity index (χ2v) is 13.0. The first-order valence-corrected chi connectivity index (χ1v) is 17.4. The normalized spacial score (nSPS) is 13.4. The van der Waals surface area contributed by atoms with Gasteiger partial charge in [0.15, 0.2) is 11.9 Å². The van der Waals surface area contributed by atoms with E-state index in [0.717, 1.165) is 49.7 Å². The largest absolute Gasteiger partial charge is 0.505 e. The van der Waals surface area contributed by atoms with Gasteiger partial charge in [-0.05, 0) is 44.6 Å². The fourth-order valence-electron chi connectivity index (χ4n) is 5.76. The molecule has 0 saturated carbocycles. The summed E-state index contributed by atoms with van der Waals surface area (Å²) in [7, 11) is 2.86. The van der Waals surface area contributed by atoms with Gasteiger partial charge in [0.2, 0.25) is 0 Å². The van der Waals surface area contributed by atoms with Crippen molar-refractivity contribution >= 4 is 36.2 Å². The summed E-state index contributed by atoms with van der Waals surface area (Å²) in [6.45, 7) is 6.36. The Morgan fingerprint density at radius 3 is 2.08 bits per heavy atom. The Labute approximate surface area is 303 Å². The van der Waals surface area contributed by atoms with Crippen LogP contribution in [0.3, 0.4) is 0 Å². The van der Waals surface area contributed by atoms with Gasteiger partial charge in [0, 0.05) is 24.0 Å². The SMILES string of the molecule is COC(=O)CC/C(C)=C/Cc1c(OC)c(C)c2c(c1OC(=O)C(C)CCCCCCCC(C)CC(=O)OC(COC(=O)O)COC(=O)O)C(=O)OC2. The predicted octanol–water partition coefficient (Wildman–Crippen LogP) is 6.72. The summed E-state index contributed by atoms with van der Waals surface area (Å²) in [5, 5.41) is 17.3. The summed E-state index contributed by atoms with van der Waals surface area (Å²) in [4.78, 5) is 71.3. The molecule has 0 spiro atoms. The van der Waals surface area contributed by atoms with Crippen LogP contribution >= 0.6 is 0 Å². The molecular weight excluding hydrogens is 684 g/mol. The molecule has 1 aromatic carbocycles. The molecule has 0 radical (unpaired) electrons. The van der Waals surface area contributed by atoms with Crippen LogP contribution in [0.2, 0.25) is 0 Å². The van der Waals surface area contributed by atoms with Crippen molar-refractivity contribution in [1.29, 1.82) is 0 Å². The van der Waals surface area contributed by atoms with Crippen LogP contribution < -0.4 is 9.47 Å². The number of hydrogen-bond donors (Lipinski definition) is 2. The van der Waals surface area contributed by atoms with E-state index in [1.165, 1.54) is 14.2 Å². The van der Waals surface area contributed by atoms with Gasteiger partial charge >= 0.3 is 36.2 Å². The van der Waals surface area contributed by atoms with Crippen molar-refractivity contribution in [2.75, 3.05) is 27.4 Å². The molecule has 0 aliphatic carbocycles. The lowest BCUT2D eigenvalue weighted by molar-refractivity contribution is -0.155. The minimum Gasteiger partial charge on any atom is -0.496 e. The summed E-state index contributed by atoms with van der Waals surface area (Å²) < 4.78 is 35.7. The van der Waals surface area contributed by atoms with E-state index in [-0.39, 0.29) is 42.6 Å². The number of fused-ring (bicyclic) bond motifs is 1. The molecule has 0 amide bonds. The molecule has 1 heterocycles. The van der Waals surface area contributed by atoms with E-state index >= 15 is 0 Å². The quantitative estimate of drug-likeness (QED) is 0.0393. The summed E-state index contributed by atoms with van der Waals surface area (Å²) in [6.07, 6.45) is 4.32. The number of esters is 4. The lowest BCUT2D eigenvalue weighted by atomic mass is 9.94. The van der Waals surface area contributed by atoms with Crippen molar-refractivity contribution in [2.24, 2.45) is 11.8 Å². The minimum atomic E-state index is -1.59. The number of carbonyl (C=O) groups is 6. The lowest BCUT2D eigenvalue weighted by Gasteiger charge is -2.20. The summed E-state index contributed by atoms with van der Waals surface area (Å²) >= 11 is 0. The third-order valence-electron chi connectivity index (χ3n) is 8.77. The standard InChI is InChI=1S/C37H52O15/c1-22(15-17-29(38)46-5)14-16-27-32(47-6)25(4)28-21-48-35(41)31(28)33(27)52-34(40)24(3)13-11-9-7-8-10-12-23(2)18-30(39)51-26(19-49-36(42)43)20-50-37(44)45/h14,23-24,26H,7-13,15-21H2,1-6H3,(H,42,43)(H,44,45)/b22-14+. The number of allylic oxidation sites excluding steroid dienone is 2. The molecule has 1 aliphatic rings. The molecule has 52 heavy (non-hydrogen) atoms. The van der Waals surface area contributed by atoms with Crippen molar-refractivity contribution < 1.29 is 72.1 Å². The highest BCUT2D eigenvalue weighted by atomic mass is 16.7. The van der Waals surface area contributed by atoms with E-state index in [4.69, 9.17) is 33.9 Å². The number of cyclic esters (lactones) is 1. The molecule has 2 N–H and O–H groups in total. The summed E-state index contributed by atoms with van der Waals surface area (Å²) in [5.74, 6) is -1.76. The minimum absolute atomic E-state index is 0.0213. The lowest BCUT2D eigenvalue weighted by Crippen LogP contribution is -2.30. The van der Waals surface area contributed by atoms with Crippen LogP contribution in [0, 0.1) is 18.8 Å². The maximum absolute atomic E-state index is 13.3. The average Bonchev–Trinajstić information content (AvgIpc) is 3.49. The molecule has 0 aromatic heterocycles. The van der Waals surface area contributed by atoms with Crippen molar-refractivity contribution in [1.82, 2.24) is 0 Å². The molecule has 0 fully saturated rings. The first kappa shape index (κ1) is 43.3. The van der Waals surface area contributed by atoms with Gasteiger partial charge in [-0.25, -0.2) is 14.4 Å². The van der Waals surface area contributed by atoms with Gasteiger partial charge in [-0.3, -0.25) is 14.4 Å². The zero-order chi connectivity index (χ0) is 38.8. The molecule has 15 nitrogen and oxygen atoms in total.